The SMILES string of the molecule is C/C=C(/C)N(CC)c1ccc(C2CO2)cn1. The van der Waals surface area contributed by atoms with Gasteiger partial charge in [0.2, 0.25) is 0 Å². The summed E-state index contributed by atoms with van der Waals surface area (Å²) in [6.45, 7) is 8.05. The molecule has 1 aromatic rings. The number of anilines is 1. The molecule has 0 radical (unpaired) electrons. The molecule has 3 nitrogen and oxygen atoms in total. The largest absolute Gasteiger partial charge is 0.368 e. The van der Waals surface area contributed by atoms with Crippen molar-refractivity contribution in [3.8, 4) is 0 Å². The summed E-state index contributed by atoms with van der Waals surface area (Å²) < 4.78 is 5.22. The second-order valence-corrected chi connectivity index (χ2v) is 3.95. The highest BCUT2D eigenvalue weighted by Gasteiger charge is 2.25. The fourth-order valence-electron chi connectivity index (χ4n) is 1.74. The molecular weight excluding hydrogens is 200 g/mol. The van der Waals surface area contributed by atoms with Crippen molar-refractivity contribution in [3.05, 3.63) is 35.7 Å². The fourth-order valence-corrected chi connectivity index (χ4v) is 1.74. The zero-order valence-corrected chi connectivity index (χ0v) is 10.1. The van der Waals surface area contributed by atoms with Crippen molar-refractivity contribution in [2.75, 3.05) is 18.1 Å². The van der Waals surface area contributed by atoms with E-state index < -0.39 is 0 Å². The molecule has 3 heteroatoms. The summed E-state index contributed by atoms with van der Waals surface area (Å²) >= 11 is 0. The third-order valence-corrected chi connectivity index (χ3v) is 2.91. The molecule has 1 atom stereocenters. The van der Waals surface area contributed by atoms with Gasteiger partial charge in [-0.15, -0.1) is 0 Å². The third-order valence-electron chi connectivity index (χ3n) is 2.91. The molecule has 0 amide bonds. The molecule has 0 aliphatic carbocycles. The lowest BCUT2D eigenvalue weighted by atomic mass is 10.2. The van der Waals surface area contributed by atoms with Gasteiger partial charge >= 0.3 is 0 Å². The van der Waals surface area contributed by atoms with Crippen molar-refractivity contribution in [1.29, 1.82) is 0 Å². The number of rotatable bonds is 4. The van der Waals surface area contributed by atoms with Gasteiger partial charge in [0, 0.05) is 24.0 Å². The molecule has 86 valence electrons. The van der Waals surface area contributed by atoms with Gasteiger partial charge in [0.1, 0.15) is 11.9 Å². The number of aromatic nitrogens is 1. The van der Waals surface area contributed by atoms with E-state index in [1.54, 1.807) is 0 Å². The second kappa shape index (κ2) is 4.66. The van der Waals surface area contributed by atoms with Crippen LogP contribution in [-0.4, -0.2) is 18.1 Å². The zero-order valence-electron chi connectivity index (χ0n) is 10.1. The predicted octanol–water partition coefficient (Wildman–Crippen LogP) is 2.90. The lowest BCUT2D eigenvalue weighted by Gasteiger charge is -2.22. The molecule has 16 heavy (non-hydrogen) atoms. The summed E-state index contributed by atoms with van der Waals surface area (Å²) in [5, 5.41) is 0. The van der Waals surface area contributed by atoms with Crippen LogP contribution in [-0.2, 0) is 4.74 Å². The maximum Gasteiger partial charge on any atom is 0.132 e. The number of epoxide rings is 1. The Labute approximate surface area is 96.7 Å². The Morgan fingerprint density at radius 2 is 2.38 bits per heavy atom. The molecule has 0 aromatic carbocycles. The van der Waals surface area contributed by atoms with Crippen LogP contribution >= 0.6 is 0 Å². The van der Waals surface area contributed by atoms with Crippen LogP contribution in [0.2, 0.25) is 0 Å². The highest BCUT2D eigenvalue weighted by Crippen LogP contribution is 2.30. The first-order valence-corrected chi connectivity index (χ1v) is 5.74. The maximum atomic E-state index is 5.22. The van der Waals surface area contributed by atoms with Crippen LogP contribution in [0, 0.1) is 0 Å². The molecule has 1 fully saturated rings. The standard InChI is InChI=1S/C13H18N2O/c1-4-10(3)15(5-2)13-7-6-11(8-14-13)12-9-16-12/h4,6-8,12H,5,9H2,1-3H3/b10-4-. The first-order chi connectivity index (χ1) is 7.76. The van der Waals surface area contributed by atoms with Gasteiger partial charge in [-0.05, 0) is 26.8 Å². The van der Waals surface area contributed by atoms with E-state index in [-0.39, 0.29) is 0 Å². The minimum Gasteiger partial charge on any atom is -0.368 e. The molecule has 1 unspecified atom stereocenters. The topological polar surface area (TPSA) is 28.7 Å². The minimum atomic E-state index is 0.291. The van der Waals surface area contributed by atoms with E-state index in [1.807, 2.05) is 13.1 Å². The normalized spacial score (nSPS) is 19.7. The lowest BCUT2D eigenvalue weighted by Crippen LogP contribution is -2.21. The second-order valence-electron chi connectivity index (χ2n) is 3.95. The molecule has 0 spiro atoms. The van der Waals surface area contributed by atoms with Gasteiger partial charge in [-0.25, -0.2) is 4.98 Å². The number of pyridine rings is 1. The number of allylic oxidation sites excluding steroid dienone is 2. The molecule has 0 saturated carbocycles. The highest BCUT2D eigenvalue weighted by atomic mass is 16.6. The van der Waals surface area contributed by atoms with Gasteiger partial charge in [-0.2, -0.15) is 0 Å². The van der Waals surface area contributed by atoms with Crippen LogP contribution in [0.25, 0.3) is 0 Å². The zero-order chi connectivity index (χ0) is 11.5. The summed E-state index contributed by atoms with van der Waals surface area (Å²) in [6.07, 6.45) is 4.31. The van der Waals surface area contributed by atoms with Crippen LogP contribution in [0.1, 0.15) is 32.4 Å². The van der Waals surface area contributed by atoms with E-state index >= 15 is 0 Å². The maximum absolute atomic E-state index is 5.22. The Hall–Kier alpha value is -1.35. The van der Waals surface area contributed by atoms with Crippen molar-refractivity contribution in [2.45, 2.75) is 26.9 Å². The van der Waals surface area contributed by atoms with Crippen LogP contribution in [0.3, 0.4) is 0 Å². The van der Waals surface area contributed by atoms with E-state index in [9.17, 15) is 0 Å². The van der Waals surface area contributed by atoms with Crippen LogP contribution in [0.5, 0.6) is 0 Å². The summed E-state index contributed by atoms with van der Waals surface area (Å²) in [5.74, 6) is 1.00. The summed E-state index contributed by atoms with van der Waals surface area (Å²) in [4.78, 5) is 6.68. The monoisotopic (exact) mass is 218 g/mol. The summed E-state index contributed by atoms with van der Waals surface area (Å²) in [7, 11) is 0. The number of hydrogen-bond donors (Lipinski definition) is 0. The molecule has 2 heterocycles. The Kier molecular flexibility index (Phi) is 3.25. The first kappa shape index (κ1) is 11.1. The van der Waals surface area contributed by atoms with Crippen molar-refractivity contribution in [3.63, 3.8) is 0 Å². The van der Waals surface area contributed by atoms with E-state index in [1.165, 1.54) is 11.3 Å². The number of ether oxygens (including phenoxy) is 1. The molecule has 0 bridgehead atoms. The Morgan fingerprint density at radius 1 is 1.62 bits per heavy atom. The van der Waals surface area contributed by atoms with Gasteiger partial charge in [0.15, 0.2) is 0 Å². The quantitative estimate of drug-likeness (QED) is 0.727. The Morgan fingerprint density at radius 3 is 2.81 bits per heavy atom. The van der Waals surface area contributed by atoms with Gasteiger partial charge in [-0.1, -0.05) is 12.1 Å². The van der Waals surface area contributed by atoms with E-state index in [4.69, 9.17) is 4.74 Å². The van der Waals surface area contributed by atoms with Crippen LogP contribution in [0.15, 0.2) is 30.1 Å². The average Bonchev–Trinajstić information content (AvgIpc) is 3.14. The Bertz CT molecular complexity index is 379. The van der Waals surface area contributed by atoms with Gasteiger partial charge < -0.3 is 9.64 Å². The molecule has 1 saturated heterocycles. The molecule has 1 aromatic heterocycles. The van der Waals surface area contributed by atoms with Crippen molar-refractivity contribution in [1.82, 2.24) is 4.98 Å². The average molecular weight is 218 g/mol. The summed E-state index contributed by atoms with van der Waals surface area (Å²) in [6, 6.07) is 4.17. The molecule has 2 rings (SSSR count). The van der Waals surface area contributed by atoms with E-state index in [2.05, 4.69) is 41.9 Å². The molecule has 0 N–H and O–H groups in total. The van der Waals surface area contributed by atoms with Crippen LogP contribution in [0.4, 0.5) is 5.82 Å². The predicted molar refractivity (Wildman–Crippen MR) is 65.4 cm³/mol. The molecule has 1 aliphatic heterocycles. The smallest absolute Gasteiger partial charge is 0.132 e. The third kappa shape index (κ3) is 2.25. The van der Waals surface area contributed by atoms with Crippen molar-refractivity contribution >= 4 is 5.82 Å². The summed E-state index contributed by atoms with van der Waals surface area (Å²) in [5.41, 5.74) is 2.41. The molecular formula is C13H18N2O. The minimum absolute atomic E-state index is 0.291. The van der Waals surface area contributed by atoms with Crippen LogP contribution < -0.4 is 4.90 Å². The van der Waals surface area contributed by atoms with E-state index in [0.717, 1.165) is 19.0 Å². The number of hydrogen-bond acceptors (Lipinski definition) is 3. The molecule has 1 aliphatic rings. The van der Waals surface area contributed by atoms with Crippen molar-refractivity contribution in [2.24, 2.45) is 0 Å². The van der Waals surface area contributed by atoms with Gasteiger partial charge in [0.25, 0.3) is 0 Å². The first-order valence-electron chi connectivity index (χ1n) is 5.74. The van der Waals surface area contributed by atoms with Gasteiger partial charge in [0.05, 0.1) is 6.61 Å². The fraction of sp³-hybridized carbons (Fsp3) is 0.462. The Balaban J connectivity index is 2.18. The highest BCUT2D eigenvalue weighted by molar-refractivity contribution is 5.45. The lowest BCUT2D eigenvalue weighted by molar-refractivity contribution is 0.415. The van der Waals surface area contributed by atoms with E-state index in [0.29, 0.717) is 6.10 Å². The number of nitrogens with zero attached hydrogens (tertiary/aromatic N) is 2. The van der Waals surface area contributed by atoms with Crippen molar-refractivity contribution < 1.29 is 4.74 Å². The van der Waals surface area contributed by atoms with Gasteiger partial charge in [-0.3, -0.25) is 0 Å².